The third kappa shape index (κ3) is 10.1. The van der Waals surface area contributed by atoms with Crippen LogP contribution in [0.2, 0.25) is 0 Å². The second kappa shape index (κ2) is 8.05. The van der Waals surface area contributed by atoms with E-state index in [0.717, 1.165) is 19.5 Å². The molecule has 0 saturated carbocycles. The number of aliphatic hydroxyl groups excluding tert-OH is 2. The van der Waals surface area contributed by atoms with Crippen LogP contribution < -0.4 is 0 Å². The maximum Gasteiger partial charge on any atom is 0.0639 e. The Morgan fingerprint density at radius 2 is 1.40 bits per heavy atom. The molecule has 0 heterocycles. The van der Waals surface area contributed by atoms with Crippen molar-refractivity contribution in [2.45, 2.75) is 32.5 Å². The second-order valence-corrected chi connectivity index (χ2v) is 4.61. The normalized spacial score (nSPS) is 16.0. The molecule has 0 aromatic heterocycles. The van der Waals surface area contributed by atoms with Crippen molar-refractivity contribution in [2.24, 2.45) is 0 Å². The Morgan fingerprint density at radius 1 is 0.933 bits per heavy atom. The molecule has 0 aliphatic heterocycles. The average Bonchev–Trinajstić information content (AvgIpc) is 2.00. The van der Waals surface area contributed by atoms with E-state index in [1.54, 1.807) is 13.8 Å². The molecule has 0 aliphatic rings. The smallest absolute Gasteiger partial charge is 0.0639 e. The fourth-order valence-electron chi connectivity index (χ4n) is 1.61. The number of hydrogen-bond donors (Lipinski definition) is 2. The summed E-state index contributed by atoms with van der Waals surface area (Å²) < 4.78 is 0. The van der Waals surface area contributed by atoms with Crippen molar-refractivity contribution in [3.8, 4) is 0 Å². The molecule has 0 spiro atoms. The van der Waals surface area contributed by atoms with Crippen molar-refractivity contribution < 1.29 is 10.2 Å². The molecule has 2 atom stereocenters. The number of rotatable bonds is 8. The standard InChI is InChI=1S/C11H26N2O2/c1-10(14)8-13(9-11(2)15)7-5-6-12(3)4/h10-11,14-15H,5-9H2,1-4H3/t10-,11-/m1/s1. The first kappa shape index (κ1) is 14.8. The van der Waals surface area contributed by atoms with Crippen LogP contribution in [0.25, 0.3) is 0 Å². The van der Waals surface area contributed by atoms with Gasteiger partial charge in [0.25, 0.3) is 0 Å². The van der Waals surface area contributed by atoms with Gasteiger partial charge in [0.15, 0.2) is 0 Å². The van der Waals surface area contributed by atoms with Gasteiger partial charge in [-0.25, -0.2) is 0 Å². The van der Waals surface area contributed by atoms with Gasteiger partial charge in [0.2, 0.25) is 0 Å². The molecule has 0 amide bonds. The van der Waals surface area contributed by atoms with Gasteiger partial charge in [-0.2, -0.15) is 0 Å². The third-order valence-electron chi connectivity index (χ3n) is 2.12. The van der Waals surface area contributed by atoms with Gasteiger partial charge in [-0.3, -0.25) is 4.90 Å². The summed E-state index contributed by atoms with van der Waals surface area (Å²) in [6.07, 6.45) is 0.401. The third-order valence-corrected chi connectivity index (χ3v) is 2.12. The van der Waals surface area contributed by atoms with E-state index in [4.69, 9.17) is 0 Å². The van der Waals surface area contributed by atoms with E-state index in [0.29, 0.717) is 13.1 Å². The summed E-state index contributed by atoms with van der Waals surface area (Å²) in [7, 11) is 4.10. The van der Waals surface area contributed by atoms with E-state index in [2.05, 4.69) is 9.80 Å². The van der Waals surface area contributed by atoms with Gasteiger partial charge in [0.1, 0.15) is 0 Å². The first-order chi connectivity index (χ1) is 6.91. The van der Waals surface area contributed by atoms with Crippen LogP contribution in [0, 0.1) is 0 Å². The minimum Gasteiger partial charge on any atom is -0.392 e. The zero-order valence-corrected chi connectivity index (χ0v) is 10.5. The summed E-state index contributed by atoms with van der Waals surface area (Å²) in [6.45, 7) is 6.79. The van der Waals surface area contributed by atoms with Gasteiger partial charge >= 0.3 is 0 Å². The van der Waals surface area contributed by atoms with Crippen LogP contribution in [0.4, 0.5) is 0 Å². The van der Waals surface area contributed by atoms with E-state index in [1.165, 1.54) is 0 Å². The van der Waals surface area contributed by atoms with Gasteiger partial charge in [0, 0.05) is 13.1 Å². The van der Waals surface area contributed by atoms with E-state index in [9.17, 15) is 10.2 Å². The van der Waals surface area contributed by atoms with Crippen LogP contribution >= 0.6 is 0 Å². The molecule has 4 nitrogen and oxygen atoms in total. The highest BCUT2D eigenvalue weighted by Crippen LogP contribution is 1.98. The highest BCUT2D eigenvalue weighted by Gasteiger charge is 2.10. The van der Waals surface area contributed by atoms with Gasteiger partial charge in [-0.1, -0.05) is 0 Å². The Bertz CT molecular complexity index is 140. The predicted molar refractivity (Wildman–Crippen MR) is 63.0 cm³/mol. The molecule has 0 rings (SSSR count). The quantitative estimate of drug-likeness (QED) is 0.602. The van der Waals surface area contributed by atoms with Crippen molar-refractivity contribution in [1.82, 2.24) is 9.80 Å². The van der Waals surface area contributed by atoms with Crippen LogP contribution in [-0.4, -0.2) is 72.5 Å². The van der Waals surface area contributed by atoms with Crippen molar-refractivity contribution in [1.29, 1.82) is 0 Å². The van der Waals surface area contributed by atoms with Crippen molar-refractivity contribution in [3.05, 3.63) is 0 Å². The first-order valence-electron chi connectivity index (χ1n) is 5.65. The molecule has 2 N–H and O–H groups in total. The fraction of sp³-hybridized carbons (Fsp3) is 1.00. The number of aliphatic hydroxyl groups is 2. The van der Waals surface area contributed by atoms with E-state index < -0.39 is 0 Å². The molecule has 0 fully saturated rings. The minimum atomic E-state index is -0.330. The average molecular weight is 218 g/mol. The lowest BCUT2D eigenvalue weighted by Gasteiger charge is -2.25. The molecule has 4 heteroatoms. The lowest BCUT2D eigenvalue weighted by atomic mass is 10.2. The maximum atomic E-state index is 9.31. The summed E-state index contributed by atoms with van der Waals surface area (Å²) in [5.74, 6) is 0. The predicted octanol–water partition coefficient (Wildman–Crippen LogP) is 0.00170. The molecular weight excluding hydrogens is 192 g/mol. The Kier molecular flexibility index (Phi) is 7.96. The highest BCUT2D eigenvalue weighted by molar-refractivity contribution is 4.65. The summed E-state index contributed by atoms with van der Waals surface area (Å²) in [5.41, 5.74) is 0. The summed E-state index contributed by atoms with van der Waals surface area (Å²) in [6, 6.07) is 0. The van der Waals surface area contributed by atoms with Crippen LogP contribution in [0.5, 0.6) is 0 Å². The molecule has 15 heavy (non-hydrogen) atoms. The van der Waals surface area contributed by atoms with Crippen molar-refractivity contribution >= 4 is 0 Å². The molecular formula is C11H26N2O2. The monoisotopic (exact) mass is 218 g/mol. The Hall–Kier alpha value is -0.160. The summed E-state index contributed by atoms with van der Waals surface area (Å²) in [4.78, 5) is 4.25. The number of hydrogen-bond acceptors (Lipinski definition) is 4. The van der Waals surface area contributed by atoms with Crippen LogP contribution in [0.3, 0.4) is 0 Å². The van der Waals surface area contributed by atoms with E-state index >= 15 is 0 Å². The first-order valence-corrected chi connectivity index (χ1v) is 5.65. The Morgan fingerprint density at radius 3 is 1.73 bits per heavy atom. The Labute approximate surface area is 93.5 Å². The molecule has 0 aromatic rings. The lowest BCUT2D eigenvalue weighted by Crippen LogP contribution is -2.37. The molecule has 0 bridgehead atoms. The zero-order chi connectivity index (χ0) is 11.8. The van der Waals surface area contributed by atoms with Gasteiger partial charge in [-0.15, -0.1) is 0 Å². The van der Waals surface area contributed by atoms with Gasteiger partial charge < -0.3 is 15.1 Å². The second-order valence-electron chi connectivity index (χ2n) is 4.61. The Balaban J connectivity index is 3.79. The summed E-state index contributed by atoms with van der Waals surface area (Å²) in [5, 5.41) is 18.6. The molecule has 0 unspecified atom stereocenters. The molecule has 0 aromatic carbocycles. The van der Waals surface area contributed by atoms with Gasteiger partial charge in [-0.05, 0) is 47.5 Å². The van der Waals surface area contributed by atoms with Crippen molar-refractivity contribution in [2.75, 3.05) is 40.3 Å². The highest BCUT2D eigenvalue weighted by atomic mass is 16.3. The van der Waals surface area contributed by atoms with Gasteiger partial charge in [0.05, 0.1) is 12.2 Å². The molecule has 92 valence electrons. The lowest BCUT2D eigenvalue weighted by molar-refractivity contribution is 0.0817. The van der Waals surface area contributed by atoms with Crippen LogP contribution in [0.1, 0.15) is 20.3 Å². The summed E-state index contributed by atoms with van der Waals surface area (Å²) >= 11 is 0. The van der Waals surface area contributed by atoms with Crippen LogP contribution in [-0.2, 0) is 0 Å². The minimum absolute atomic E-state index is 0.330. The zero-order valence-electron chi connectivity index (χ0n) is 10.5. The number of nitrogens with zero attached hydrogens (tertiary/aromatic N) is 2. The molecule has 0 saturated heterocycles. The maximum absolute atomic E-state index is 9.31. The fourth-order valence-corrected chi connectivity index (χ4v) is 1.61. The van der Waals surface area contributed by atoms with Crippen molar-refractivity contribution in [3.63, 3.8) is 0 Å². The SMILES string of the molecule is C[C@@H](O)CN(CCCN(C)C)C[C@@H](C)O. The largest absolute Gasteiger partial charge is 0.392 e. The van der Waals surface area contributed by atoms with E-state index in [-0.39, 0.29) is 12.2 Å². The van der Waals surface area contributed by atoms with E-state index in [1.807, 2.05) is 14.1 Å². The topological polar surface area (TPSA) is 46.9 Å². The molecule has 0 radical (unpaired) electrons. The molecule has 0 aliphatic carbocycles. The van der Waals surface area contributed by atoms with Crippen LogP contribution in [0.15, 0.2) is 0 Å².